The Balaban J connectivity index is 1.61. The second-order valence-corrected chi connectivity index (χ2v) is 6.79. The van der Waals surface area contributed by atoms with Gasteiger partial charge in [-0.2, -0.15) is 0 Å². The normalized spacial score (nSPS) is 10.8. The van der Waals surface area contributed by atoms with Crippen molar-refractivity contribution in [1.29, 1.82) is 0 Å². The average molecular weight is 377 g/mol. The summed E-state index contributed by atoms with van der Waals surface area (Å²) in [5.41, 5.74) is 1.19. The second kappa shape index (κ2) is 7.72. The number of nitrogens with one attached hydrogen (secondary N) is 2. The topological polar surface area (TPSA) is 62.0 Å². The average Bonchev–Trinajstić information content (AvgIpc) is 2.58. The molecule has 1 heterocycles. The van der Waals surface area contributed by atoms with E-state index in [0.29, 0.717) is 27.5 Å². The summed E-state index contributed by atoms with van der Waals surface area (Å²) in [6, 6.07) is 12.6. The van der Waals surface area contributed by atoms with Crippen LogP contribution < -0.4 is 10.7 Å². The molecule has 128 valence electrons. The van der Waals surface area contributed by atoms with Gasteiger partial charge in [-0.3, -0.25) is 9.59 Å². The third-order valence-electron chi connectivity index (χ3n) is 3.49. The number of para-hydroxylation sites is 1. The maximum atomic E-state index is 13.8. The number of carbonyl (C=O) groups excluding carboxylic acids is 1. The number of carbonyl (C=O) groups is 1. The summed E-state index contributed by atoms with van der Waals surface area (Å²) in [7, 11) is 0. The van der Waals surface area contributed by atoms with Gasteiger partial charge in [0.15, 0.2) is 5.43 Å². The standard InChI is InChI=1S/C18H14ClFN2O2S/c19-11-4-6-12(7-5-11)21-17(24)10-25-9-13-8-16(23)14-2-1-3-15(20)18(14)22-13/h1-8H,9-10H2,(H,21,24)(H,22,23). The molecule has 0 atom stereocenters. The molecule has 0 aliphatic heterocycles. The minimum atomic E-state index is -0.470. The summed E-state index contributed by atoms with van der Waals surface area (Å²) in [4.78, 5) is 26.9. The molecule has 1 aromatic heterocycles. The van der Waals surface area contributed by atoms with Gasteiger partial charge >= 0.3 is 0 Å². The van der Waals surface area contributed by atoms with Gasteiger partial charge in [0.1, 0.15) is 5.82 Å². The molecule has 0 saturated carbocycles. The van der Waals surface area contributed by atoms with E-state index in [-0.39, 0.29) is 22.6 Å². The first-order valence-corrected chi connectivity index (χ1v) is 9.00. The Hall–Kier alpha value is -2.31. The van der Waals surface area contributed by atoms with Crippen LogP contribution in [0.1, 0.15) is 5.69 Å². The van der Waals surface area contributed by atoms with E-state index >= 15 is 0 Å². The van der Waals surface area contributed by atoms with E-state index in [9.17, 15) is 14.0 Å². The monoisotopic (exact) mass is 376 g/mol. The molecule has 3 aromatic rings. The van der Waals surface area contributed by atoms with Crippen molar-refractivity contribution >= 4 is 45.9 Å². The van der Waals surface area contributed by atoms with Gasteiger partial charge in [-0.05, 0) is 36.4 Å². The Labute approximate surface area is 152 Å². The predicted octanol–water partition coefficient (Wildman–Crippen LogP) is 4.19. The van der Waals surface area contributed by atoms with Crippen LogP contribution in [0.15, 0.2) is 53.3 Å². The molecule has 0 saturated heterocycles. The van der Waals surface area contributed by atoms with Crippen molar-refractivity contribution in [1.82, 2.24) is 4.98 Å². The fourth-order valence-corrected chi connectivity index (χ4v) is 3.21. The Morgan fingerprint density at radius 1 is 1.20 bits per heavy atom. The third kappa shape index (κ3) is 4.41. The Kier molecular flexibility index (Phi) is 5.40. The number of hydrogen-bond acceptors (Lipinski definition) is 3. The number of fused-ring (bicyclic) bond motifs is 1. The summed E-state index contributed by atoms with van der Waals surface area (Å²) in [6.07, 6.45) is 0. The first-order chi connectivity index (χ1) is 12.0. The fourth-order valence-electron chi connectivity index (χ4n) is 2.35. The molecule has 4 nitrogen and oxygen atoms in total. The molecule has 0 aliphatic rings. The lowest BCUT2D eigenvalue weighted by Gasteiger charge is -2.07. The maximum Gasteiger partial charge on any atom is 0.234 e. The van der Waals surface area contributed by atoms with Crippen LogP contribution in [-0.4, -0.2) is 16.6 Å². The first kappa shape index (κ1) is 17.5. The van der Waals surface area contributed by atoms with E-state index in [2.05, 4.69) is 10.3 Å². The van der Waals surface area contributed by atoms with Crippen molar-refractivity contribution in [3.05, 3.63) is 75.3 Å². The third-order valence-corrected chi connectivity index (χ3v) is 4.72. The zero-order valence-electron chi connectivity index (χ0n) is 13.0. The lowest BCUT2D eigenvalue weighted by molar-refractivity contribution is -0.113. The molecule has 0 spiro atoms. The van der Waals surface area contributed by atoms with E-state index in [4.69, 9.17) is 11.6 Å². The summed E-state index contributed by atoms with van der Waals surface area (Å²) in [5.74, 6) is -0.0309. The van der Waals surface area contributed by atoms with Crippen LogP contribution in [0.4, 0.5) is 10.1 Å². The van der Waals surface area contributed by atoms with Crippen molar-refractivity contribution in [2.45, 2.75) is 5.75 Å². The quantitative estimate of drug-likeness (QED) is 0.701. The molecule has 1 amide bonds. The Bertz CT molecular complexity index is 973. The van der Waals surface area contributed by atoms with Gasteiger partial charge in [0, 0.05) is 33.6 Å². The number of aromatic nitrogens is 1. The number of rotatable bonds is 5. The smallest absolute Gasteiger partial charge is 0.234 e. The van der Waals surface area contributed by atoms with E-state index in [1.165, 1.54) is 30.0 Å². The van der Waals surface area contributed by atoms with Crippen molar-refractivity contribution < 1.29 is 9.18 Å². The molecule has 7 heteroatoms. The van der Waals surface area contributed by atoms with Crippen molar-refractivity contribution in [3.8, 4) is 0 Å². The van der Waals surface area contributed by atoms with Gasteiger partial charge in [0.05, 0.1) is 11.3 Å². The number of halogens is 2. The lowest BCUT2D eigenvalue weighted by atomic mass is 10.2. The summed E-state index contributed by atoms with van der Waals surface area (Å²) in [6.45, 7) is 0. The molecule has 0 unspecified atom stereocenters. The van der Waals surface area contributed by atoms with Gasteiger partial charge < -0.3 is 10.3 Å². The SMILES string of the molecule is O=C(CSCc1cc(=O)c2cccc(F)c2[nH]1)Nc1ccc(Cl)cc1. The minimum absolute atomic E-state index is 0.165. The largest absolute Gasteiger partial charge is 0.355 e. The second-order valence-electron chi connectivity index (χ2n) is 5.37. The molecule has 25 heavy (non-hydrogen) atoms. The number of H-pyrrole nitrogens is 1. The number of benzene rings is 2. The number of hydrogen-bond donors (Lipinski definition) is 2. The summed E-state index contributed by atoms with van der Waals surface area (Å²) in [5, 5.41) is 3.67. The fraction of sp³-hybridized carbons (Fsp3) is 0.111. The highest BCUT2D eigenvalue weighted by molar-refractivity contribution is 7.99. The number of aromatic amines is 1. The van der Waals surface area contributed by atoms with Crippen LogP contribution >= 0.6 is 23.4 Å². The zero-order valence-corrected chi connectivity index (χ0v) is 14.6. The van der Waals surface area contributed by atoms with E-state index < -0.39 is 5.82 Å². The molecule has 3 rings (SSSR count). The summed E-state index contributed by atoms with van der Waals surface area (Å²) >= 11 is 7.12. The van der Waals surface area contributed by atoms with Crippen molar-refractivity contribution in [2.24, 2.45) is 0 Å². The first-order valence-electron chi connectivity index (χ1n) is 7.46. The van der Waals surface area contributed by atoms with E-state index in [1.807, 2.05) is 0 Å². The highest BCUT2D eigenvalue weighted by atomic mass is 35.5. The molecular weight excluding hydrogens is 363 g/mol. The van der Waals surface area contributed by atoms with Gasteiger partial charge in [0.2, 0.25) is 5.91 Å². The van der Waals surface area contributed by atoms with Gasteiger partial charge in [-0.25, -0.2) is 4.39 Å². The predicted molar refractivity (Wildman–Crippen MR) is 101 cm³/mol. The Morgan fingerprint density at radius 2 is 1.96 bits per heavy atom. The van der Waals surface area contributed by atoms with E-state index in [0.717, 1.165) is 0 Å². The maximum absolute atomic E-state index is 13.8. The van der Waals surface area contributed by atoms with Crippen molar-refractivity contribution in [2.75, 3.05) is 11.1 Å². The number of thioether (sulfide) groups is 1. The van der Waals surface area contributed by atoms with Gasteiger partial charge in [0.25, 0.3) is 0 Å². The van der Waals surface area contributed by atoms with Gasteiger partial charge in [-0.15, -0.1) is 11.8 Å². The molecule has 0 bridgehead atoms. The highest BCUT2D eigenvalue weighted by Crippen LogP contribution is 2.17. The Morgan fingerprint density at radius 3 is 2.72 bits per heavy atom. The number of anilines is 1. The van der Waals surface area contributed by atoms with Crippen LogP contribution in [-0.2, 0) is 10.5 Å². The van der Waals surface area contributed by atoms with Crippen LogP contribution in [0.2, 0.25) is 5.02 Å². The lowest BCUT2D eigenvalue weighted by Crippen LogP contribution is -2.14. The van der Waals surface area contributed by atoms with Gasteiger partial charge in [-0.1, -0.05) is 17.7 Å². The highest BCUT2D eigenvalue weighted by Gasteiger charge is 2.08. The van der Waals surface area contributed by atoms with Crippen LogP contribution in [0.25, 0.3) is 10.9 Å². The van der Waals surface area contributed by atoms with Crippen LogP contribution in [0.3, 0.4) is 0 Å². The molecule has 0 aliphatic carbocycles. The number of pyridine rings is 1. The van der Waals surface area contributed by atoms with Crippen LogP contribution in [0.5, 0.6) is 0 Å². The molecular formula is C18H14ClFN2O2S. The molecule has 0 radical (unpaired) electrons. The molecule has 0 fully saturated rings. The summed E-state index contributed by atoms with van der Waals surface area (Å²) < 4.78 is 13.8. The van der Waals surface area contributed by atoms with Crippen LogP contribution in [0, 0.1) is 5.82 Å². The molecule has 2 aromatic carbocycles. The zero-order chi connectivity index (χ0) is 17.8. The minimum Gasteiger partial charge on any atom is -0.355 e. The van der Waals surface area contributed by atoms with E-state index in [1.54, 1.807) is 30.3 Å². The molecule has 2 N–H and O–H groups in total. The van der Waals surface area contributed by atoms with Crippen molar-refractivity contribution in [3.63, 3.8) is 0 Å². The number of amides is 1.